The van der Waals surface area contributed by atoms with E-state index in [1.165, 1.54) is 141 Å². The molecule has 33 heavy (non-hydrogen) atoms. The number of hydrogen-bond acceptors (Lipinski definition) is 2. The molecule has 0 amide bonds. The van der Waals surface area contributed by atoms with Gasteiger partial charge in [-0.3, -0.25) is 4.79 Å². The van der Waals surface area contributed by atoms with Gasteiger partial charge < -0.3 is 4.74 Å². The molecule has 0 fully saturated rings. The second kappa shape index (κ2) is 27.7. The van der Waals surface area contributed by atoms with Gasteiger partial charge in [0.05, 0.1) is 6.61 Å². The van der Waals surface area contributed by atoms with E-state index in [4.69, 9.17) is 4.74 Å². The molecule has 0 atom stereocenters. The van der Waals surface area contributed by atoms with Crippen molar-refractivity contribution in [1.29, 1.82) is 0 Å². The fraction of sp³-hybridized carbons (Fsp3) is 0.968. The first-order valence-electron chi connectivity index (χ1n) is 15.3. The third kappa shape index (κ3) is 29.4. The average molecular weight is 467 g/mol. The Labute approximate surface area is 209 Å². The van der Waals surface area contributed by atoms with Crippen LogP contribution in [0.15, 0.2) is 0 Å². The lowest BCUT2D eigenvalue weighted by Gasteiger charge is -2.06. The van der Waals surface area contributed by atoms with Gasteiger partial charge in [-0.15, -0.1) is 0 Å². The SMILES string of the molecule is CCCCCCCCCCCCCCCC(=O)OCCCCCCCCCCCCC(C)C. The molecule has 0 heterocycles. The van der Waals surface area contributed by atoms with Crippen LogP contribution in [0.5, 0.6) is 0 Å². The molecule has 0 aliphatic rings. The van der Waals surface area contributed by atoms with Crippen molar-refractivity contribution in [3.8, 4) is 0 Å². The summed E-state index contributed by atoms with van der Waals surface area (Å²) in [6.45, 7) is 7.56. The lowest BCUT2D eigenvalue weighted by atomic mass is 10.0. The summed E-state index contributed by atoms with van der Waals surface area (Å²) in [5.74, 6) is 0.888. The van der Waals surface area contributed by atoms with Crippen molar-refractivity contribution in [2.75, 3.05) is 6.61 Å². The van der Waals surface area contributed by atoms with Gasteiger partial charge >= 0.3 is 5.97 Å². The number of rotatable bonds is 27. The van der Waals surface area contributed by atoms with E-state index >= 15 is 0 Å². The Morgan fingerprint density at radius 1 is 0.515 bits per heavy atom. The normalized spacial score (nSPS) is 11.4. The molecule has 0 saturated heterocycles. The summed E-state index contributed by atoms with van der Waals surface area (Å²) < 4.78 is 5.41. The van der Waals surface area contributed by atoms with Crippen molar-refractivity contribution in [2.24, 2.45) is 5.92 Å². The van der Waals surface area contributed by atoms with Gasteiger partial charge in [0.25, 0.3) is 0 Å². The van der Waals surface area contributed by atoms with E-state index in [1.54, 1.807) is 0 Å². The van der Waals surface area contributed by atoms with Gasteiger partial charge in [0.15, 0.2) is 0 Å². The number of ether oxygens (including phenoxy) is 1. The van der Waals surface area contributed by atoms with Crippen LogP contribution in [-0.4, -0.2) is 12.6 Å². The first-order chi connectivity index (χ1) is 16.2. The molecular formula is C31H62O2. The third-order valence-electron chi connectivity index (χ3n) is 6.92. The molecule has 0 aromatic heterocycles. The van der Waals surface area contributed by atoms with Gasteiger partial charge in [-0.1, -0.05) is 162 Å². The quantitative estimate of drug-likeness (QED) is 0.0888. The summed E-state index contributed by atoms with van der Waals surface area (Å²) in [5, 5.41) is 0. The van der Waals surface area contributed by atoms with E-state index in [-0.39, 0.29) is 5.97 Å². The number of hydrogen-bond donors (Lipinski definition) is 0. The van der Waals surface area contributed by atoms with Crippen molar-refractivity contribution in [2.45, 2.75) is 181 Å². The van der Waals surface area contributed by atoms with Crippen molar-refractivity contribution in [1.82, 2.24) is 0 Å². The van der Waals surface area contributed by atoms with Crippen LogP contribution < -0.4 is 0 Å². The van der Waals surface area contributed by atoms with Crippen molar-refractivity contribution >= 4 is 5.97 Å². The number of unbranched alkanes of at least 4 members (excludes halogenated alkanes) is 21. The van der Waals surface area contributed by atoms with E-state index < -0.39 is 0 Å². The van der Waals surface area contributed by atoms with Crippen molar-refractivity contribution in [3.63, 3.8) is 0 Å². The van der Waals surface area contributed by atoms with Crippen LogP contribution in [0.2, 0.25) is 0 Å². The molecule has 198 valence electrons. The molecule has 0 rings (SSSR count). The molecule has 0 spiro atoms. The van der Waals surface area contributed by atoms with E-state index in [1.807, 2.05) is 0 Å². The Bertz CT molecular complexity index is 377. The maximum atomic E-state index is 11.8. The Kier molecular flexibility index (Phi) is 27.3. The zero-order chi connectivity index (χ0) is 24.2. The molecule has 0 aromatic carbocycles. The van der Waals surface area contributed by atoms with Crippen molar-refractivity contribution < 1.29 is 9.53 Å². The summed E-state index contributed by atoms with van der Waals surface area (Å²) in [5.41, 5.74) is 0. The molecule has 0 aromatic rings. The zero-order valence-corrected chi connectivity index (χ0v) is 23.3. The highest BCUT2D eigenvalue weighted by atomic mass is 16.5. The molecule has 0 aliphatic heterocycles. The van der Waals surface area contributed by atoms with Crippen LogP contribution in [0.3, 0.4) is 0 Å². The minimum Gasteiger partial charge on any atom is -0.466 e. The summed E-state index contributed by atoms with van der Waals surface area (Å²) in [4.78, 5) is 11.8. The van der Waals surface area contributed by atoms with Gasteiger partial charge in [-0.05, 0) is 18.8 Å². The lowest BCUT2D eigenvalue weighted by Crippen LogP contribution is -2.05. The number of carbonyl (C=O) groups is 1. The second-order valence-electron chi connectivity index (χ2n) is 10.9. The maximum absolute atomic E-state index is 11.8. The first kappa shape index (κ1) is 32.5. The third-order valence-corrected chi connectivity index (χ3v) is 6.92. The molecule has 0 bridgehead atoms. The highest BCUT2D eigenvalue weighted by molar-refractivity contribution is 5.69. The van der Waals surface area contributed by atoms with Crippen LogP contribution in [-0.2, 0) is 9.53 Å². The minimum absolute atomic E-state index is 0.0236. The first-order valence-corrected chi connectivity index (χ1v) is 15.3. The topological polar surface area (TPSA) is 26.3 Å². The average Bonchev–Trinajstić information content (AvgIpc) is 2.79. The van der Waals surface area contributed by atoms with Crippen molar-refractivity contribution in [3.05, 3.63) is 0 Å². The monoisotopic (exact) mass is 466 g/mol. The Morgan fingerprint density at radius 2 is 0.879 bits per heavy atom. The van der Waals surface area contributed by atoms with Crippen LogP contribution in [0, 0.1) is 5.92 Å². The van der Waals surface area contributed by atoms with Gasteiger partial charge in [0, 0.05) is 6.42 Å². The summed E-state index contributed by atoms with van der Waals surface area (Å²) in [7, 11) is 0. The standard InChI is InChI=1S/C31H62O2/c1-4-5-6-7-8-9-10-11-12-16-19-22-25-28-31(32)33-29-26-23-20-17-14-13-15-18-21-24-27-30(2)3/h30H,4-29H2,1-3H3. The Balaban J connectivity index is 3.15. The molecule has 2 heteroatoms. The van der Waals surface area contributed by atoms with E-state index in [2.05, 4.69) is 20.8 Å². The molecular weight excluding hydrogens is 404 g/mol. The zero-order valence-electron chi connectivity index (χ0n) is 23.3. The number of carbonyl (C=O) groups excluding carboxylic acids is 1. The molecule has 0 N–H and O–H groups in total. The molecule has 0 radical (unpaired) electrons. The lowest BCUT2D eigenvalue weighted by molar-refractivity contribution is -0.143. The van der Waals surface area contributed by atoms with Gasteiger partial charge in [-0.25, -0.2) is 0 Å². The van der Waals surface area contributed by atoms with Crippen LogP contribution in [0.25, 0.3) is 0 Å². The van der Waals surface area contributed by atoms with E-state index in [9.17, 15) is 4.79 Å². The molecule has 0 unspecified atom stereocenters. The summed E-state index contributed by atoms with van der Waals surface area (Å²) in [6, 6.07) is 0. The van der Waals surface area contributed by atoms with Gasteiger partial charge in [-0.2, -0.15) is 0 Å². The molecule has 0 saturated carbocycles. The van der Waals surface area contributed by atoms with Crippen LogP contribution in [0.4, 0.5) is 0 Å². The largest absolute Gasteiger partial charge is 0.466 e. The summed E-state index contributed by atoms with van der Waals surface area (Å²) >= 11 is 0. The minimum atomic E-state index is 0.0236. The highest BCUT2D eigenvalue weighted by Gasteiger charge is 2.02. The molecule has 2 nitrogen and oxygen atoms in total. The summed E-state index contributed by atoms with van der Waals surface area (Å²) in [6.07, 6.45) is 32.8. The van der Waals surface area contributed by atoms with Gasteiger partial charge in [0.1, 0.15) is 0 Å². The fourth-order valence-corrected chi connectivity index (χ4v) is 4.61. The predicted molar refractivity (Wildman–Crippen MR) is 147 cm³/mol. The maximum Gasteiger partial charge on any atom is 0.305 e. The van der Waals surface area contributed by atoms with Gasteiger partial charge in [0.2, 0.25) is 0 Å². The van der Waals surface area contributed by atoms with Crippen LogP contribution in [0.1, 0.15) is 181 Å². The second-order valence-corrected chi connectivity index (χ2v) is 10.9. The smallest absolute Gasteiger partial charge is 0.305 e. The Hall–Kier alpha value is -0.530. The van der Waals surface area contributed by atoms with E-state index in [0.717, 1.165) is 18.8 Å². The number of esters is 1. The fourth-order valence-electron chi connectivity index (χ4n) is 4.61. The predicted octanol–water partition coefficient (Wildman–Crippen LogP) is 11.0. The van der Waals surface area contributed by atoms with E-state index in [0.29, 0.717) is 13.0 Å². The van der Waals surface area contributed by atoms with Crippen LogP contribution >= 0.6 is 0 Å². The highest BCUT2D eigenvalue weighted by Crippen LogP contribution is 2.15. The Morgan fingerprint density at radius 3 is 1.30 bits per heavy atom. The molecule has 0 aliphatic carbocycles.